The van der Waals surface area contributed by atoms with Crippen LogP contribution < -0.4 is 10.9 Å². The second-order valence-corrected chi connectivity index (χ2v) is 10.1. The van der Waals surface area contributed by atoms with Crippen LogP contribution in [0.4, 0.5) is 0 Å². The van der Waals surface area contributed by atoms with Crippen LogP contribution in [0, 0.1) is 0 Å². The number of rotatable bonds is 9. The van der Waals surface area contributed by atoms with E-state index in [9.17, 15) is 9.59 Å². The summed E-state index contributed by atoms with van der Waals surface area (Å²) >= 11 is 8.97. The molecule has 2 aromatic heterocycles. The van der Waals surface area contributed by atoms with E-state index < -0.39 is 0 Å². The molecule has 0 aliphatic rings. The number of fused-ring (bicyclic) bond motifs is 1. The smallest absolute Gasteiger partial charge is 0.272 e. The standard InChI is InChI=1S/C25H24ClN3O2S2/c1-17(11-12-18-7-3-2-4-8-18)27-22(30)16-33-25-28-21-13-14-32-23(21)24(31)29(25)15-19-9-5-6-10-20(19)26/h2-10,13-14,17H,11-12,15-16H2,1H3,(H,27,30)/t17-/m1/s1. The largest absolute Gasteiger partial charge is 0.353 e. The van der Waals surface area contributed by atoms with Crippen molar-refractivity contribution in [2.75, 3.05) is 5.75 Å². The van der Waals surface area contributed by atoms with E-state index in [1.807, 2.05) is 54.8 Å². The number of thioether (sulfide) groups is 1. The molecule has 1 atom stereocenters. The molecule has 0 saturated heterocycles. The summed E-state index contributed by atoms with van der Waals surface area (Å²) in [5, 5.41) is 6.01. The molecule has 0 bridgehead atoms. The zero-order valence-corrected chi connectivity index (χ0v) is 20.6. The van der Waals surface area contributed by atoms with Gasteiger partial charge in [0.25, 0.3) is 5.56 Å². The van der Waals surface area contributed by atoms with Crippen molar-refractivity contribution >= 4 is 50.8 Å². The van der Waals surface area contributed by atoms with Crippen LogP contribution in [0.25, 0.3) is 10.2 Å². The molecule has 4 aromatic rings. The minimum absolute atomic E-state index is 0.0518. The molecule has 5 nitrogen and oxygen atoms in total. The van der Waals surface area contributed by atoms with E-state index in [0.29, 0.717) is 26.9 Å². The quantitative estimate of drug-likeness (QED) is 0.249. The molecular weight excluding hydrogens is 474 g/mol. The topological polar surface area (TPSA) is 64.0 Å². The van der Waals surface area contributed by atoms with Crippen LogP contribution in [-0.2, 0) is 17.8 Å². The van der Waals surface area contributed by atoms with Gasteiger partial charge < -0.3 is 5.32 Å². The average Bonchev–Trinajstić information content (AvgIpc) is 3.29. The minimum Gasteiger partial charge on any atom is -0.353 e. The van der Waals surface area contributed by atoms with Crippen LogP contribution in [0.3, 0.4) is 0 Å². The third kappa shape index (κ3) is 6.05. The minimum atomic E-state index is -0.117. The van der Waals surface area contributed by atoms with Crippen molar-refractivity contribution < 1.29 is 4.79 Å². The Hall–Kier alpha value is -2.61. The molecule has 33 heavy (non-hydrogen) atoms. The highest BCUT2D eigenvalue weighted by Crippen LogP contribution is 2.23. The molecule has 0 aliphatic carbocycles. The summed E-state index contributed by atoms with van der Waals surface area (Å²) in [4.78, 5) is 30.4. The Morgan fingerprint density at radius 2 is 1.91 bits per heavy atom. The summed E-state index contributed by atoms with van der Waals surface area (Å²) < 4.78 is 2.21. The first-order valence-electron chi connectivity index (χ1n) is 10.7. The molecule has 0 aliphatic heterocycles. The summed E-state index contributed by atoms with van der Waals surface area (Å²) in [5.74, 6) is 0.102. The van der Waals surface area contributed by atoms with Crippen molar-refractivity contribution in [3.8, 4) is 0 Å². The van der Waals surface area contributed by atoms with E-state index in [1.165, 1.54) is 28.7 Å². The Labute approximate surface area is 205 Å². The second kappa shape index (κ2) is 11.0. The van der Waals surface area contributed by atoms with E-state index in [4.69, 9.17) is 11.6 Å². The molecule has 0 saturated carbocycles. The number of hydrogen-bond donors (Lipinski definition) is 1. The van der Waals surface area contributed by atoms with Gasteiger partial charge in [-0.25, -0.2) is 4.98 Å². The van der Waals surface area contributed by atoms with E-state index in [1.54, 1.807) is 10.6 Å². The number of nitrogens with one attached hydrogen (secondary N) is 1. The number of nitrogens with zero attached hydrogens (tertiary/aromatic N) is 2. The normalized spacial score (nSPS) is 12.1. The van der Waals surface area contributed by atoms with Gasteiger partial charge in [0.1, 0.15) is 4.70 Å². The van der Waals surface area contributed by atoms with E-state index in [0.717, 1.165) is 18.4 Å². The van der Waals surface area contributed by atoms with Gasteiger partial charge in [-0.2, -0.15) is 0 Å². The maximum Gasteiger partial charge on any atom is 0.272 e. The lowest BCUT2D eigenvalue weighted by atomic mass is 10.1. The first-order valence-corrected chi connectivity index (χ1v) is 12.9. The second-order valence-electron chi connectivity index (χ2n) is 7.79. The Morgan fingerprint density at radius 1 is 1.15 bits per heavy atom. The number of amides is 1. The fourth-order valence-corrected chi connectivity index (χ4v) is 5.30. The van der Waals surface area contributed by atoms with E-state index in [2.05, 4.69) is 22.4 Å². The van der Waals surface area contributed by atoms with Gasteiger partial charge >= 0.3 is 0 Å². The molecule has 2 aromatic carbocycles. The Balaban J connectivity index is 1.44. The van der Waals surface area contributed by atoms with Gasteiger partial charge in [-0.05, 0) is 48.4 Å². The summed E-state index contributed by atoms with van der Waals surface area (Å²) in [6.45, 7) is 2.31. The molecule has 1 N–H and O–H groups in total. The van der Waals surface area contributed by atoms with Crippen molar-refractivity contribution in [2.45, 2.75) is 37.5 Å². The molecule has 1 amide bonds. The zero-order valence-electron chi connectivity index (χ0n) is 18.2. The number of aromatic nitrogens is 2. The molecule has 0 radical (unpaired) electrons. The van der Waals surface area contributed by atoms with Crippen LogP contribution in [0.1, 0.15) is 24.5 Å². The molecule has 0 spiro atoms. The lowest BCUT2D eigenvalue weighted by molar-refractivity contribution is -0.119. The number of carbonyl (C=O) groups is 1. The highest BCUT2D eigenvalue weighted by atomic mass is 35.5. The molecule has 8 heteroatoms. The molecular formula is C25H24ClN3O2S2. The summed E-state index contributed by atoms with van der Waals surface area (Å²) in [7, 11) is 0. The fourth-order valence-electron chi connectivity index (χ4n) is 3.52. The van der Waals surface area contributed by atoms with Crippen LogP contribution in [0.5, 0.6) is 0 Å². The van der Waals surface area contributed by atoms with Gasteiger partial charge in [0, 0.05) is 11.1 Å². The third-order valence-electron chi connectivity index (χ3n) is 5.27. The SMILES string of the molecule is C[C@H](CCc1ccccc1)NC(=O)CSc1nc2ccsc2c(=O)n1Cc1ccccc1Cl. The lowest BCUT2D eigenvalue weighted by Crippen LogP contribution is -2.34. The number of thiophene rings is 1. The first kappa shape index (κ1) is 23.5. The van der Waals surface area contributed by atoms with Crippen LogP contribution in [-0.4, -0.2) is 27.3 Å². The van der Waals surface area contributed by atoms with Crippen molar-refractivity contribution in [2.24, 2.45) is 0 Å². The van der Waals surface area contributed by atoms with Crippen LogP contribution in [0.15, 0.2) is 76.0 Å². The van der Waals surface area contributed by atoms with Gasteiger partial charge in [0.05, 0.1) is 17.8 Å². The first-order chi connectivity index (χ1) is 16.0. The predicted molar refractivity (Wildman–Crippen MR) is 138 cm³/mol. The molecule has 4 rings (SSSR count). The highest BCUT2D eigenvalue weighted by molar-refractivity contribution is 7.99. The maximum atomic E-state index is 13.1. The Kier molecular flexibility index (Phi) is 7.85. The molecule has 2 heterocycles. The molecule has 170 valence electrons. The number of carbonyl (C=O) groups excluding carboxylic acids is 1. The van der Waals surface area contributed by atoms with Crippen LogP contribution in [0.2, 0.25) is 5.02 Å². The summed E-state index contributed by atoms with van der Waals surface area (Å²) in [6, 6.07) is 19.5. The molecule has 0 fully saturated rings. The Bertz CT molecular complexity index is 1300. The van der Waals surface area contributed by atoms with Gasteiger partial charge in [0.15, 0.2) is 5.16 Å². The summed E-state index contributed by atoms with van der Waals surface area (Å²) in [6.07, 6.45) is 1.76. The fraction of sp³-hybridized carbons (Fsp3) is 0.240. The number of aryl methyl sites for hydroxylation is 1. The average molecular weight is 498 g/mol. The van der Waals surface area contributed by atoms with Gasteiger partial charge in [-0.1, -0.05) is 71.9 Å². The molecule has 0 unspecified atom stereocenters. The van der Waals surface area contributed by atoms with Crippen LogP contribution >= 0.6 is 34.7 Å². The Morgan fingerprint density at radius 3 is 2.70 bits per heavy atom. The van der Waals surface area contributed by atoms with Gasteiger partial charge in [-0.3, -0.25) is 14.2 Å². The number of benzene rings is 2. The van der Waals surface area contributed by atoms with Crippen molar-refractivity contribution in [1.29, 1.82) is 0 Å². The third-order valence-corrected chi connectivity index (χ3v) is 7.50. The summed E-state index contributed by atoms with van der Waals surface area (Å²) in [5.41, 5.74) is 2.62. The van der Waals surface area contributed by atoms with Crippen molar-refractivity contribution in [3.63, 3.8) is 0 Å². The van der Waals surface area contributed by atoms with Crippen molar-refractivity contribution in [3.05, 3.63) is 92.5 Å². The monoisotopic (exact) mass is 497 g/mol. The van der Waals surface area contributed by atoms with E-state index in [-0.39, 0.29) is 23.3 Å². The van der Waals surface area contributed by atoms with Crippen molar-refractivity contribution in [1.82, 2.24) is 14.9 Å². The number of halogens is 1. The number of hydrogen-bond acceptors (Lipinski definition) is 5. The highest BCUT2D eigenvalue weighted by Gasteiger charge is 2.16. The zero-order chi connectivity index (χ0) is 23.2. The van der Waals surface area contributed by atoms with Gasteiger partial charge in [-0.15, -0.1) is 11.3 Å². The predicted octanol–water partition coefficient (Wildman–Crippen LogP) is 5.39. The van der Waals surface area contributed by atoms with E-state index >= 15 is 0 Å². The lowest BCUT2D eigenvalue weighted by Gasteiger charge is -2.15. The maximum absolute atomic E-state index is 13.1. The van der Waals surface area contributed by atoms with Gasteiger partial charge in [0.2, 0.25) is 5.91 Å².